The van der Waals surface area contributed by atoms with Crippen molar-refractivity contribution in [2.75, 3.05) is 41.3 Å². The third-order valence-electron chi connectivity index (χ3n) is 6.41. The third-order valence-corrected chi connectivity index (χ3v) is 6.91. The average Bonchev–Trinajstić information content (AvgIpc) is 3.08. The Morgan fingerprint density at radius 3 is 2.21 bits per heavy atom. The molecule has 0 amide bonds. The summed E-state index contributed by atoms with van der Waals surface area (Å²) in [4.78, 5) is 14.6. The minimum absolute atomic E-state index is 0.518. The lowest BCUT2D eigenvalue weighted by molar-refractivity contribution is 0.355. The summed E-state index contributed by atoms with van der Waals surface area (Å²) >= 11 is 11.5. The summed E-state index contributed by atoms with van der Waals surface area (Å²) in [5.41, 5.74) is 1.11. The highest BCUT2D eigenvalue weighted by Gasteiger charge is 2.24. The van der Waals surface area contributed by atoms with Gasteiger partial charge in [0.15, 0.2) is 5.11 Å². The van der Waals surface area contributed by atoms with Gasteiger partial charge in [0.25, 0.3) is 0 Å². The fourth-order valence-electron chi connectivity index (χ4n) is 4.88. The van der Waals surface area contributed by atoms with E-state index >= 15 is 0 Å². The second-order valence-electron chi connectivity index (χ2n) is 9.59. The van der Waals surface area contributed by atoms with E-state index in [1.54, 1.807) is 0 Å². The second-order valence-corrected chi connectivity index (χ2v) is 10.4. The van der Waals surface area contributed by atoms with Gasteiger partial charge in [-0.05, 0) is 61.0 Å². The number of halogens is 1. The fraction of sp³-hybridized carbons (Fsp3) is 0.560. The highest BCUT2D eigenvalue weighted by molar-refractivity contribution is 7.80. The lowest BCUT2D eigenvalue weighted by Gasteiger charge is -2.36. The van der Waals surface area contributed by atoms with E-state index in [2.05, 4.69) is 40.3 Å². The van der Waals surface area contributed by atoms with Gasteiger partial charge in [0.2, 0.25) is 5.95 Å². The number of nitrogens with one attached hydrogen (secondary N) is 2. The van der Waals surface area contributed by atoms with Crippen LogP contribution in [-0.2, 0) is 6.54 Å². The molecule has 1 aromatic heterocycles. The lowest BCUT2D eigenvalue weighted by atomic mass is 9.92. The van der Waals surface area contributed by atoms with Crippen LogP contribution < -0.4 is 20.4 Å². The Bertz CT molecular complexity index is 919. The molecule has 2 unspecified atom stereocenters. The largest absolute Gasteiger partial charge is 0.358 e. The predicted molar refractivity (Wildman–Crippen MR) is 142 cm³/mol. The summed E-state index contributed by atoms with van der Waals surface area (Å²) < 4.78 is 0. The maximum atomic E-state index is 5.98. The number of aromatic nitrogens is 2. The monoisotopic (exact) mass is 486 g/mol. The maximum absolute atomic E-state index is 5.98. The molecule has 2 fully saturated rings. The molecule has 2 saturated heterocycles. The summed E-state index contributed by atoms with van der Waals surface area (Å²) in [6.07, 6.45) is 6.27. The van der Waals surface area contributed by atoms with Crippen LogP contribution in [0.1, 0.15) is 51.5 Å². The summed E-state index contributed by atoms with van der Waals surface area (Å²) in [6, 6.07) is 9.92. The summed E-state index contributed by atoms with van der Waals surface area (Å²) in [5, 5.41) is 7.74. The Hall–Kier alpha value is -2.12. The summed E-state index contributed by atoms with van der Waals surface area (Å²) in [6.45, 7) is 9.41. The van der Waals surface area contributed by atoms with Crippen LogP contribution in [0.3, 0.4) is 0 Å². The van der Waals surface area contributed by atoms with Gasteiger partial charge in [0.1, 0.15) is 11.6 Å². The van der Waals surface area contributed by atoms with Crippen LogP contribution in [0.4, 0.5) is 17.6 Å². The maximum Gasteiger partial charge on any atom is 0.232 e. The zero-order chi connectivity index (χ0) is 23.2. The SMILES string of the molecule is CC1CC(C)CN(c2cc(N3CCCCCC3)nc(NC(=S)NCc3ccc(Cl)cc3)n2)C1. The number of benzene rings is 1. The number of hydrogen-bond acceptors (Lipinski definition) is 5. The van der Waals surface area contributed by atoms with Gasteiger partial charge in [0, 0.05) is 43.8 Å². The van der Waals surface area contributed by atoms with Crippen LogP contribution in [0.2, 0.25) is 5.02 Å². The molecule has 178 valence electrons. The van der Waals surface area contributed by atoms with Crippen molar-refractivity contribution in [1.29, 1.82) is 0 Å². The van der Waals surface area contributed by atoms with E-state index in [0.717, 1.165) is 48.4 Å². The predicted octanol–water partition coefficient (Wildman–Crippen LogP) is 5.48. The first-order valence-corrected chi connectivity index (χ1v) is 12.9. The average molecular weight is 487 g/mol. The smallest absolute Gasteiger partial charge is 0.232 e. The summed E-state index contributed by atoms with van der Waals surface area (Å²) in [7, 11) is 0. The Morgan fingerprint density at radius 2 is 1.58 bits per heavy atom. The minimum Gasteiger partial charge on any atom is -0.358 e. The van der Waals surface area contributed by atoms with Crippen molar-refractivity contribution < 1.29 is 0 Å². The number of rotatable bonds is 5. The van der Waals surface area contributed by atoms with Crippen LogP contribution in [0.5, 0.6) is 0 Å². The van der Waals surface area contributed by atoms with Crippen molar-refractivity contribution in [2.24, 2.45) is 11.8 Å². The van der Waals surface area contributed by atoms with Crippen LogP contribution in [0, 0.1) is 11.8 Å². The molecule has 2 atom stereocenters. The van der Waals surface area contributed by atoms with Crippen molar-refractivity contribution in [3.05, 3.63) is 40.9 Å². The van der Waals surface area contributed by atoms with E-state index in [-0.39, 0.29) is 0 Å². The van der Waals surface area contributed by atoms with Gasteiger partial charge in [0.05, 0.1) is 0 Å². The van der Waals surface area contributed by atoms with Crippen LogP contribution in [-0.4, -0.2) is 41.3 Å². The third kappa shape index (κ3) is 6.93. The zero-order valence-electron chi connectivity index (χ0n) is 19.7. The van der Waals surface area contributed by atoms with Crippen LogP contribution >= 0.6 is 23.8 Å². The molecule has 0 radical (unpaired) electrons. The molecule has 1 aromatic carbocycles. The first-order chi connectivity index (χ1) is 16.0. The molecule has 2 aromatic rings. The van der Waals surface area contributed by atoms with E-state index in [0.29, 0.717) is 29.4 Å². The first-order valence-electron chi connectivity index (χ1n) is 12.1. The lowest BCUT2D eigenvalue weighted by Crippen LogP contribution is -2.39. The van der Waals surface area contributed by atoms with Crippen molar-refractivity contribution >= 4 is 46.5 Å². The molecule has 2 aliphatic rings. The fourth-order valence-corrected chi connectivity index (χ4v) is 5.17. The molecular weight excluding hydrogens is 452 g/mol. The molecule has 0 spiro atoms. The summed E-state index contributed by atoms with van der Waals surface area (Å²) in [5.74, 6) is 3.86. The molecule has 8 heteroatoms. The van der Waals surface area contributed by atoms with E-state index in [1.807, 2.05) is 24.3 Å². The molecular formula is C25H35ClN6S. The van der Waals surface area contributed by atoms with E-state index in [9.17, 15) is 0 Å². The van der Waals surface area contributed by atoms with Gasteiger partial charge in [-0.1, -0.05) is 50.4 Å². The quantitative estimate of drug-likeness (QED) is 0.542. The number of piperidine rings is 1. The Morgan fingerprint density at radius 1 is 0.970 bits per heavy atom. The van der Waals surface area contributed by atoms with Gasteiger partial charge in [-0.3, -0.25) is 0 Å². The van der Waals surface area contributed by atoms with Gasteiger partial charge >= 0.3 is 0 Å². The van der Waals surface area contributed by atoms with E-state index in [1.165, 1.54) is 32.1 Å². The van der Waals surface area contributed by atoms with Crippen molar-refractivity contribution in [1.82, 2.24) is 15.3 Å². The van der Waals surface area contributed by atoms with Crippen LogP contribution in [0.15, 0.2) is 30.3 Å². The second kappa shape index (κ2) is 11.3. The topological polar surface area (TPSA) is 56.3 Å². The zero-order valence-corrected chi connectivity index (χ0v) is 21.3. The Balaban J connectivity index is 1.51. The number of thiocarbonyl (C=S) groups is 1. The molecule has 6 nitrogen and oxygen atoms in total. The molecule has 2 N–H and O–H groups in total. The molecule has 0 aliphatic carbocycles. The number of anilines is 3. The Kier molecular flexibility index (Phi) is 8.25. The molecule has 0 saturated carbocycles. The normalized spacial score (nSPS) is 21.4. The number of hydrogen-bond donors (Lipinski definition) is 2. The van der Waals surface area contributed by atoms with Crippen molar-refractivity contribution in [3.63, 3.8) is 0 Å². The highest BCUT2D eigenvalue weighted by atomic mass is 35.5. The molecule has 4 rings (SSSR count). The van der Waals surface area contributed by atoms with Gasteiger partial charge < -0.3 is 20.4 Å². The van der Waals surface area contributed by atoms with Crippen molar-refractivity contribution in [2.45, 2.75) is 52.5 Å². The van der Waals surface area contributed by atoms with Crippen molar-refractivity contribution in [3.8, 4) is 0 Å². The molecule has 33 heavy (non-hydrogen) atoms. The first kappa shape index (κ1) is 24.0. The number of nitrogens with zero attached hydrogens (tertiary/aromatic N) is 4. The minimum atomic E-state index is 0.518. The van der Waals surface area contributed by atoms with Gasteiger partial charge in [-0.2, -0.15) is 9.97 Å². The molecule has 2 aliphatic heterocycles. The van der Waals surface area contributed by atoms with E-state index in [4.69, 9.17) is 33.8 Å². The Labute approximate surface area is 208 Å². The molecule has 0 bridgehead atoms. The molecule has 3 heterocycles. The van der Waals surface area contributed by atoms with Crippen LogP contribution in [0.25, 0.3) is 0 Å². The highest BCUT2D eigenvalue weighted by Crippen LogP contribution is 2.29. The van der Waals surface area contributed by atoms with Gasteiger partial charge in [-0.25, -0.2) is 0 Å². The standard InChI is InChI=1S/C25H35ClN6S/c1-18-13-19(2)17-32(16-18)23-14-22(31-11-5-3-4-6-12-31)28-24(29-23)30-25(33)27-15-20-7-9-21(26)10-8-20/h7-10,14,18-19H,3-6,11-13,15-17H2,1-2H3,(H2,27,28,29,30,33). The van der Waals surface area contributed by atoms with Gasteiger partial charge in [-0.15, -0.1) is 0 Å². The van der Waals surface area contributed by atoms with E-state index < -0.39 is 0 Å².